The Balaban J connectivity index is 1.95. The third kappa shape index (κ3) is 3.75. The van der Waals surface area contributed by atoms with Crippen LogP contribution >= 0.6 is 23.2 Å². The zero-order valence-electron chi connectivity index (χ0n) is 14.9. The van der Waals surface area contributed by atoms with E-state index in [0.29, 0.717) is 32.8 Å². The van der Waals surface area contributed by atoms with E-state index < -0.39 is 11.9 Å². The molecular weight excluding hydrogens is 424 g/mol. The van der Waals surface area contributed by atoms with Gasteiger partial charge in [0, 0.05) is 17.4 Å². The van der Waals surface area contributed by atoms with Crippen molar-refractivity contribution in [1.82, 2.24) is 14.6 Å². The number of aromatic nitrogens is 3. The molecule has 0 saturated heterocycles. The van der Waals surface area contributed by atoms with Crippen molar-refractivity contribution in [3.63, 3.8) is 0 Å². The highest BCUT2D eigenvalue weighted by Crippen LogP contribution is 2.39. The molecule has 4 nitrogen and oxygen atoms in total. The first-order valence-electron chi connectivity index (χ1n) is 8.49. The van der Waals surface area contributed by atoms with E-state index in [1.165, 1.54) is 0 Å². The normalized spacial score (nSPS) is 11.8. The molecule has 0 fully saturated rings. The van der Waals surface area contributed by atoms with Crippen molar-refractivity contribution in [3.8, 4) is 11.1 Å². The molecule has 2 aromatic carbocycles. The van der Waals surface area contributed by atoms with Crippen LogP contribution in [0.4, 0.5) is 24.7 Å². The van der Waals surface area contributed by atoms with Gasteiger partial charge >= 0.3 is 6.18 Å². The third-order valence-electron chi connectivity index (χ3n) is 4.24. The number of benzene rings is 2. The number of rotatable bonds is 3. The van der Waals surface area contributed by atoms with Crippen LogP contribution in [0.5, 0.6) is 0 Å². The van der Waals surface area contributed by atoms with Crippen LogP contribution in [-0.4, -0.2) is 14.6 Å². The largest absolute Gasteiger partial charge is 0.435 e. The Morgan fingerprint density at radius 2 is 1.69 bits per heavy atom. The van der Waals surface area contributed by atoms with E-state index in [-0.39, 0.29) is 11.2 Å². The van der Waals surface area contributed by atoms with Crippen LogP contribution < -0.4 is 5.32 Å². The van der Waals surface area contributed by atoms with E-state index in [1.54, 1.807) is 61.5 Å². The Hall–Kier alpha value is -2.77. The smallest absolute Gasteiger partial charge is 0.340 e. The lowest BCUT2D eigenvalue weighted by atomic mass is 10.1. The van der Waals surface area contributed by atoms with Gasteiger partial charge in [0.1, 0.15) is 5.82 Å². The summed E-state index contributed by atoms with van der Waals surface area (Å²) in [6.45, 7) is 1.70. The van der Waals surface area contributed by atoms with Gasteiger partial charge in [0.05, 0.1) is 15.6 Å². The highest BCUT2D eigenvalue weighted by molar-refractivity contribution is 6.42. The summed E-state index contributed by atoms with van der Waals surface area (Å²) in [4.78, 5) is 4.33. The minimum Gasteiger partial charge on any atom is -0.340 e. The average molecular weight is 437 g/mol. The summed E-state index contributed by atoms with van der Waals surface area (Å²) in [7, 11) is 0. The second-order valence-electron chi connectivity index (χ2n) is 6.36. The lowest BCUT2D eigenvalue weighted by Crippen LogP contribution is -2.08. The molecule has 0 aliphatic heterocycles. The summed E-state index contributed by atoms with van der Waals surface area (Å²) in [5.41, 5.74) is 0.500. The van der Waals surface area contributed by atoms with Crippen LogP contribution in [0.3, 0.4) is 0 Å². The monoisotopic (exact) mass is 436 g/mol. The zero-order chi connectivity index (χ0) is 20.8. The van der Waals surface area contributed by atoms with Crippen molar-refractivity contribution >= 4 is 40.4 Å². The second kappa shape index (κ2) is 7.24. The van der Waals surface area contributed by atoms with Gasteiger partial charge in [0.2, 0.25) is 0 Å². The summed E-state index contributed by atoms with van der Waals surface area (Å²) in [6, 6.07) is 14.7. The first-order valence-corrected chi connectivity index (χ1v) is 9.24. The molecule has 0 atom stereocenters. The van der Waals surface area contributed by atoms with Crippen LogP contribution in [-0.2, 0) is 6.18 Å². The average Bonchev–Trinajstić information content (AvgIpc) is 3.05. The van der Waals surface area contributed by atoms with Crippen molar-refractivity contribution in [2.45, 2.75) is 13.1 Å². The van der Waals surface area contributed by atoms with Crippen molar-refractivity contribution in [2.75, 3.05) is 5.32 Å². The fraction of sp³-hybridized carbons (Fsp3) is 0.100. The fourth-order valence-corrected chi connectivity index (χ4v) is 3.32. The number of hydrogen-bond donors (Lipinski definition) is 1. The Kier molecular flexibility index (Phi) is 4.88. The van der Waals surface area contributed by atoms with Gasteiger partial charge in [-0.05, 0) is 30.7 Å². The van der Waals surface area contributed by atoms with Gasteiger partial charge in [-0.1, -0.05) is 53.5 Å². The summed E-state index contributed by atoms with van der Waals surface area (Å²) in [6.07, 6.45) is -4.65. The van der Waals surface area contributed by atoms with Gasteiger partial charge in [-0.3, -0.25) is 0 Å². The SMILES string of the molecule is Cc1cc(Nc2ccc(Cl)c(Cl)c2)n2nc(C(F)(F)F)c(-c3ccccc3)c2n1. The van der Waals surface area contributed by atoms with Crippen LogP contribution in [0.1, 0.15) is 11.4 Å². The maximum Gasteiger partial charge on any atom is 0.435 e. The number of halogens is 5. The maximum absolute atomic E-state index is 13.8. The number of alkyl halides is 3. The quantitative estimate of drug-likeness (QED) is 0.385. The van der Waals surface area contributed by atoms with Crippen molar-refractivity contribution < 1.29 is 13.2 Å². The van der Waals surface area contributed by atoms with Gasteiger partial charge in [0.25, 0.3) is 0 Å². The summed E-state index contributed by atoms with van der Waals surface area (Å²) in [5.74, 6) is 0.318. The molecule has 0 amide bonds. The van der Waals surface area contributed by atoms with E-state index in [0.717, 1.165) is 4.52 Å². The minimum absolute atomic E-state index is 0.0704. The molecule has 2 aromatic heterocycles. The molecule has 4 rings (SSSR count). The molecule has 0 radical (unpaired) electrons. The Labute approximate surface area is 173 Å². The molecule has 29 heavy (non-hydrogen) atoms. The van der Waals surface area contributed by atoms with E-state index in [4.69, 9.17) is 23.2 Å². The standard InChI is InChI=1S/C20H13Cl2F3N4/c1-11-9-16(27-13-7-8-14(21)15(22)10-13)29-19(26-11)17(12-5-3-2-4-6-12)18(28-29)20(23,24)25/h2-10,27H,1H3. The minimum atomic E-state index is -4.65. The fourth-order valence-electron chi connectivity index (χ4n) is 3.02. The lowest BCUT2D eigenvalue weighted by molar-refractivity contribution is -0.140. The molecular formula is C20H13Cl2F3N4. The van der Waals surface area contributed by atoms with Crippen LogP contribution in [0.15, 0.2) is 54.6 Å². The van der Waals surface area contributed by atoms with Crippen molar-refractivity contribution in [1.29, 1.82) is 0 Å². The zero-order valence-corrected chi connectivity index (χ0v) is 16.4. The molecule has 0 aliphatic rings. The molecule has 1 N–H and O–H groups in total. The molecule has 2 heterocycles. The molecule has 0 bridgehead atoms. The van der Waals surface area contributed by atoms with Gasteiger partial charge < -0.3 is 5.32 Å². The molecule has 148 valence electrons. The number of nitrogens with one attached hydrogen (secondary N) is 1. The van der Waals surface area contributed by atoms with Crippen LogP contribution in [0.2, 0.25) is 10.0 Å². The van der Waals surface area contributed by atoms with Crippen LogP contribution in [0.25, 0.3) is 16.8 Å². The van der Waals surface area contributed by atoms with Gasteiger partial charge in [-0.15, -0.1) is 0 Å². The number of anilines is 2. The Morgan fingerprint density at radius 1 is 0.966 bits per heavy atom. The topological polar surface area (TPSA) is 42.2 Å². The number of nitrogens with zero attached hydrogens (tertiary/aromatic N) is 3. The molecule has 0 saturated carbocycles. The van der Waals surface area contributed by atoms with Gasteiger partial charge in [-0.25, -0.2) is 4.98 Å². The Bertz CT molecular complexity index is 1200. The maximum atomic E-state index is 13.8. The highest BCUT2D eigenvalue weighted by Gasteiger charge is 2.39. The second-order valence-corrected chi connectivity index (χ2v) is 7.17. The van der Waals surface area contributed by atoms with Crippen molar-refractivity contribution in [3.05, 3.63) is 76.0 Å². The predicted octanol–water partition coefficient (Wildman–Crippen LogP) is 6.77. The number of aryl methyl sites for hydroxylation is 1. The number of hydrogen-bond acceptors (Lipinski definition) is 3. The van der Waals surface area contributed by atoms with Gasteiger partial charge in [0.15, 0.2) is 11.3 Å². The first-order chi connectivity index (χ1) is 13.7. The highest BCUT2D eigenvalue weighted by atomic mass is 35.5. The molecule has 4 aromatic rings. The molecule has 0 unspecified atom stereocenters. The first kappa shape index (κ1) is 19.5. The molecule has 9 heteroatoms. The summed E-state index contributed by atoms with van der Waals surface area (Å²) < 4.78 is 42.5. The van der Waals surface area contributed by atoms with E-state index in [1.807, 2.05) is 0 Å². The predicted molar refractivity (Wildman–Crippen MR) is 108 cm³/mol. The summed E-state index contributed by atoms with van der Waals surface area (Å²) >= 11 is 12.0. The van der Waals surface area contributed by atoms with E-state index in [2.05, 4.69) is 15.4 Å². The van der Waals surface area contributed by atoms with Gasteiger partial charge in [-0.2, -0.15) is 22.8 Å². The molecule has 0 spiro atoms. The van der Waals surface area contributed by atoms with E-state index >= 15 is 0 Å². The van der Waals surface area contributed by atoms with E-state index in [9.17, 15) is 13.2 Å². The van der Waals surface area contributed by atoms with Crippen LogP contribution in [0, 0.1) is 6.92 Å². The lowest BCUT2D eigenvalue weighted by Gasteiger charge is -2.10. The molecule has 0 aliphatic carbocycles. The number of fused-ring (bicyclic) bond motifs is 1. The summed E-state index contributed by atoms with van der Waals surface area (Å²) in [5, 5.41) is 7.59. The van der Waals surface area contributed by atoms with Crippen molar-refractivity contribution in [2.24, 2.45) is 0 Å². The third-order valence-corrected chi connectivity index (χ3v) is 4.98. The Morgan fingerprint density at radius 3 is 2.34 bits per heavy atom.